The molecule has 0 saturated carbocycles. The third-order valence-electron chi connectivity index (χ3n) is 3.74. The highest BCUT2D eigenvalue weighted by atomic mass is 79.9. The van der Waals surface area contributed by atoms with Gasteiger partial charge in [-0.15, -0.1) is 0 Å². The third kappa shape index (κ3) is 4.58. The molecule has 140 valence electrons. The van der Waals surface area contributed by atoms with E-state index in [4.69, 9.17) is 23.2 Å². The fourth-order valence-corrected chi connectivity index (χ4v) is 4.33. The van der Waals surface area contributed by atoms with Crippen molar-refractivity contribution in [3.63, 3.8) is 0 Å². The Hall–Kier alpha value is -1.12. The van der Waals surface area contributed by atoms with Crippen molar-refractivity contribution < 1.29 is 13.2 Å². The molecule has 26 heavy (non-hydrogen) atoms. The van der Waals surface area contributed by atoms with Crippen molar-refractivity contribution in [2.45, 2.75) is 17.9 Å². The van der Waals surface area contributed by atoms with Crippen molar-refractivity contribution in [1.82, 2.24) is 9.62 Å². The van der Waals surface area contributed by atoms with Gasteiger partial charge in [0, 0.05) is 24.1 Å². The molecule has 0 bridgehead atoms. The first kappa shape index (κ1) is 21.2. The number of carbonyl (C=O) groups is 1. The second-order valence-corrected chi connectivity index (χ2v) is 9.59. The molecule has 2 aromatic rings. The number of hydrogen-bond acceptors (Lipinski definition) is 3. The largest absolute Gasteiger partial charge is 0.346 e. The van der Waals surface area contributed by atoms with Gasteiger partial charge in [-0.2, -0.15) is 0 Å². The Balaban J connectivity index is 2.28. The summed E-state index contributed by atoms with van der Waals surface area (Å²) in [5.74, 6) is -0.397. The number of benzene rings is 2. The summed E-state index contributed by atoms with van der Waals surface area (Å²) in [6, 6.07) is 9.19. The van der Waals surface area contributed by atoms with Crippen LogP contribution in [0.25, 0.3) is 0 Å². The van der Waals surface area contributed by atoms with Gasteiger partial charge >= 0.3 is 0 Å². The van der Waals surface area contributed by atoms with Gasteiger partial charge in [0.2, 0.25) is 10.0 Å². The molecule has 0 aromatic heterocycles. The molecule has 0 fully saturated rings. The molecule has 9 heteroatoms. The molecule has 0 aliphatic rings. The van der Waals surface area contributed by atoms with Crippen LogP contribution in [-0.4, -0.2) is 32.7 Å². The van der Waals surface area contributed by atoms with Crippen molar-refractivity contribution in [3.8, 4) is 0 Å². The predicted octanol–water partition coefficient (Wildman–Crippen LogP) is 4.50. The minimum Gasteiger partial charge on any atom is -0.346 e. The number of amides is 1. The molecule has 0 heterocycles. The normalized spacial score (nSPS) is 12.9. The van der Waals surface area contributed by atoms with Gasteiger partial charge in [0.25, 0.3) is 5.91 Å². The Morgan fingerprint density at radius 2 is 1.77 bits per heavy atom. The highest BCUT2D eigenvalue weighted by Crippen LogP contribution is 2.27. The minimum atomic E-state index is -3.68. The Morgan fingerprint density at radius 1 is 1.12 bits per heavy atom. The molecule has 5 nitrogen and oxygen atoms in total. The number of nitrogens with one attached hydrogen (secondary N) is 1. The minimum absolute atomic E-state index is 0.0253. The summed E-state index contributed by atoms with van der Waals surface area (Å²) in [5, 5.41) is 3.65. The van der Waals surface area contributed by atoms with Crippen molar-refractivity contribution in [3.05, 3.63) is 62.0 Å². The summed E-state index contributed by atoms with van der Waals surface area (Å²) < 4.78 is 26.2. The Labute approximate surface area is 171 Å². The first-order valence-electron chi connectivity index (χ1n) is 7.52. The van der Waals surface area contributed by atoms with Gasteiger partial charge in [0.1, 0.15) is 0 Å². The smallest absolute Gasteiger partial charge is 0.251 e. The van der Waals surface area contributed by atoms with E-state index in [-0.39, 0.29) is 16.5 Å². The number of sulfonamides is 1. The molecule has 1 atom stereocenters. The molecule has 1 amide bonds. The van der Waals surface area contributed by atoms with Crippen LogP contribution in [0.2, 0.25) is 10.0 Å². The molecule has 2 aromatic carbocycles. The standard InChI is InChI=1S/C17H17BrCl2N2O3S/c1-10(11-5-7-14(19)15(20)8-11)21-17(23)12-4-6-13(18)16(9-12)26(24,25)22(2)3/h4-10H,1-3H3,(H,21,23). The average Bonchev–Trinajstić information content (AvgIpc) is 2.57. The molecule has 2 rings (SSSR count). The molecule has 0 saturated heterocycles. The Bertz CT molecular complexity index is 949. The van der Waals surface area contributed by atoms with Crippen molar-refractivity contribution in [2.75, 3.05) is 14.1 Å². The maximum absolute atomic E-state index is 12.5. The van der Waals surface area contributed by atoms with Gasteiger partial charge in [-0.05, 0) is 58.7 Å². The van der Waals surface area contributed by atoms with E-state index in [1.807, 2.05) is 0 Å². The van der Waals surface area contributed by atoms with Crippen LogP contribution in [0.5, 0.6) is 0 Å². The van der Waals surface area contributed by atoms with E-state index in [9.17, 15) is 13.2 Å². The molecule has 0 aliphatic carbocycles. The van der Waals surface area contributed by atoms with Gasteiger partial charge in [-0.3, -0.25) is 4.79 Å². The Kier molecular flexibility index (Phi) is 6.74. The molecule has 1 unspecified atom stereocenters. The van der Waals surface area contributed by atoms with E-state index in [2.05, 4.69) is 21.2 Å². The van der Waals surface area contributed by atoms with Crippen LogP contribution in [0.15, 0.2) is 45.8 Å². The van der Waals surface area contributed by atoms with E-state index in [0.717, 1.165) is 9.87 Å². The van der Waals surface area contributed by atoms with Crippen LogP contribution in [0.3, 0.4) is 0 Å². The van der Waals surface area contributed by atoms with Crippen LogP contribution in [-0.2, 0) is 10.0 Å². The van der Waals surface area contributed by atoms with Gasteiger partial charge in [0.15, 0.2) is 0 Å². The van der Waals surface area contributed by atoms with E-state index in [1.165, 1.54) is 26.2 Å². The maximum atomic E-state index is 12.5. The summed E-state index contributed by atoms with van der Waals surface area (Å²) in [6.45, 7) is 1.80. The lowest BCUT2D eigenvalue weighted by molar-refractivity contribution is 0.0939. The van der Waals surface area contributed by atoms with Crippen molar-refractivity contribution in [1.29, 1.82) is 0 Å². The third-order valence-corrected chi connectivity index (χ3v) is 7.29. The number of rotatable bonds is 5. The topological polar surface area (TPSA) is 66.5 Å². The van der Waals surface area contributed by atoms with Gasteiger partial charge < -0.3 is 5.32 Å². The number of nitrogens with zero attached hydrogens (tertiary/aromatic N) is 1. The number of hydrogen-bond donors (Lipinski definition) is 1. The lowest BCUT2D eigenvalue weighted by Gasteiger charge is -2.17. The van der Waals surface area contributed by atoms with Gasteiger partial charge in [-0.1, -0.05) is 29.3 Å². The zero-order valence-electron chi connectivity index (χ0n) is 14.3. The zero-order valence-corrected chi connectivity index (χ0v) is 18.2. The number of carbonyl (C=O) groups excluding carboxylic acids is 1. The van der Waals surface area contributed by atoms with Crippen molar-refractivity contribution in [2.24, 2.45) is 0 Å². The van der Waals surface area contributed by atoms with Gasteiger partial charge in [0.05, 0.1) is 21.0 Å². The predicted molar refractivity (Wildman–Crippen MR) is 107 cm³/mol. The zero-order chi connectivity index (χ0) is 19.6. The molecule has 1 N–H and O–H groups in total. The first-order chi connectivity index (χ1) is 12.0. The summed E-state index contributed by atoms with van der Waals surface area (Å²) in [5.41, 5.74) is 1.02. The van der Waals surface area contributed by atoms with E-state index >= 15 is 0 Å². The quantitative estimate of drug-likeness (QED) is 0.686. The fraction of sp³-hybridized carbons (Fsp3) is 0.235. The molecular formula is C17H17BrCl2N2O3S. The highest BCUT2D eigenvalue weighted by molar-refractivity contribution is 9.10. The average molecular weight is 480 g/mol. The van der Waals surface area contributed by atoms with E-state index in [1.54, 1.807) is 31.2 Å². The highest BCUT2D eigenvalue weighted by Gasteiger charge is 2.22. The van der Waals surface area contributed by atoms with E-state index < -0.39 is 15.9 Å². The molecule has 0 aliphatic heterocycles. The summed E-state index contributed by atoms with van der Waals surface area (Å²) in [6.07, 6.45) is 0. The van der Waals surface area contributed by atoms with Crippen LogP contribution < -0.4 is 5.32 Å². The molecule has 0 radical (unpaired) electrons. The van der Waals surface area contributed by atoms with Crippen LogP contribution in [0, 0.1) is 0 Å². The van der Waals surface area contributed by atoms with E-state index in [0.29, 0.717) is 14.5 Å². The maximum Gasteiger partial charge on any atom is 0.251 e. The van der Waals surface area contributed by atoms with Crippen LogP contribution >= 0.6 is 39.1 Å². The van der Waals surface area contributed by atoms with Crippen LogP contribution in [0.4, 0.5) is 0 Å². The lowest BCUT2D eigenvalue weighted by atomic mass is 10.1. The fourth-order valence-electron chi connectivity index (χ4n) is 2.18. The Morgan fingerprint density at radius 3 is 2.35 bits per heavy atom. The molecule has 0 spiro atoms. The number of halogens is 3. The van der Waals surface area contributed by atoms with Crippen molar-refractivity contribution >= 4 is 55.1 Å². The lowest BCUT2D eigenvalue weighted by Crippen LogP contribution is -2.27. The monoisotopic (exact) mass is 478 g/mol. The molecular weight excluding hydrogens is 463 g/mol. The summed E-state index contributed by atoms with van der Waals surface area (Å²) in [7, 11) is -0.817. The first-order valence-corrected chi connectivity index (χ1v) is 10.5. The van der Waals surface area contributed by atoms with Crippen LogP contribution in [0.1, 0.15) is 28.9 Å². The summed E-state index contributed by atoms with van der Waals surface area (Å²) >= 11 is 15.1. The second kappa shape index (κ2) is 8.27. The SMILES string of the molecule is CC(NC(=O)c1ccc(Br)c(S(=O)(=O)N(C)C)c1)c1ccc(Cl)c(Cl)c1. The summed E-state index contributed by atoms with van der Waals surface area (Å²) in [4.78, 5) is 12.6. The second-order valence-electron chi connectivity index (χ2n) is 5.80. The van der Waals surface area contributed by atoms with Gasteiger partial charge in [-0.25, -0.2) is 12.7 Å².